The molecule has 0 saturated carbocycles. The third kappa shape index (κ3) is 2.97. The van der Waals surface area contributed by atoms with Gasteiger partial charge in [-0.3, -0.25) is 0 Å². The maximum absolute atomic E-state index is 10.6. The molecule has 6 heteroatoms. The van der Waals surface area contributed by atoms with Crippen molar-refractivity contribution in [2.24, 2.45) is 0 Å². The van der Waals surface area contributed by atoms with Crippen molar-refractivity contribution in [3.05, 3.63) is 48.3 Å². The highest BCUT2D eigenvalue weighted by Gasteiger charge is 2.03. The summed E-state index contributed by atoms with van der Waals surface area (Å²) < 4.78 is 0. The molecule has 0 fully saturated rings. The van der Waals surface area contributed by atoms with E-state index >= 15 is 0 Å². The molecule has 0 bridgehead atoms. The molecule has 0 amide bonds. The molecule has 0 aliphatic heterocycles. The smallest absolute Gasteiger partial charge is 0.354 e. The number of aromatic carboxylic acids is 1. The number of aromatic nitrogens is 3. The molecule has 17 heavy (non-hydrogen) atoms. The van der Waals surface area contributed by atoms with Crippen LogP contribution in [0.2, 0.25) is 0 Å². The van der Waals surface area contributed by atoms with Crippen molar-refractivity contribution >= 4 is 11.7 Å². The van der Waals surface area contributed by atoms with Gasteiger partial charge in [0.2, 0.25) is 0 Å². The van der Waals surface area contributed by atoms with E-state index in [9.17, 15) is 4.79 Å². The van der Waals surface area contributed by atoms with Crippen LogP contribution in [-0.2, 0) is 6.54 Å². The van der Waals surface area contributed by atoms with Crippen LogP contribution in [0.5, 0.6) is 0 Å². The molecule has 0 aliphatic rings. The van der Waals surface area contributed by atoms with Crippen LogP contribution in [0.15, 0.2) is 36.9 Å². The van der Waals surface area contributed by atoms with E-state index in [1.165, 1.54) is 18.6 Å². The zero-order chi connectivity index (χ0) is 12.1. The summed E-state index contributed by atoms with van der Waals surface area (Å²) in [6.45, 7) is 0.538. The predicted molar refractivity (Wildman–Crippen MR) is 60.6 cm³/mol. The van der Waals surface area contributed by atoms with Crippen LogP contribution in [-0.4, -0.2) is 26.0 Å². The second kappa shape index (κ2) is 5.02. The predicted octanol–water partition coefficient (Wildman–Crippen LogP) is 1.18. The summed E-state index contributed by atoms with van der Waals surface area (Å²) in [5.74, 6) is -1.03. The molecular formula is C11H10N4O2. The van der Waals surface area contributed by atoms with Gasteiger partial charge in [-0.05, 0) is 18.2 Å². The van der Waals surface area contributed by atoms with Crippen molar-refractivity contribution < 1.29 is 9.90 Å². The Morgan fingerprint density at radius 1 is 1.29 bits per heavy atom. The molecule has 0 unspecified atom stereocenters. The monoisotopic (exact) mass is 230 g/mol. The van der Waals surface area contributed by atoms with Gasteiger partial charge in [-0.2, -0.15) is 0 Å². The first kappa shape index (κ1) is 11.0. The number of nitrogens with one attached hydrogen (secondary N) is 1. The number of carbonyl (C=O) groups is 1. The summed E-state index contributed by atoms with van der Waals surface area (Å²) in [7, 11) is 0. The van der Waals surface area contributed by atoms with Gasteiger partial charge < -0.3 is 10.4 Å². The normalized spacial score (nSPS) is 9.88. The Balaban J connectivity index is 1.98. The number of hydrogen-bond donors (Lipinski definition) is 2. The second-order valence-electron chi connectivity index (χ2n) is 3.29. The lowest BCUT2D eigenvalue weighted by Crippen LogP contribution is -2.04. The molecule has 2 aromatic rings. The van der Waals surface area contributed by atoms with Crippen LogP contribution in [0, 0.1) is 0 Å². The minimum Gasteiger partial charge on any atom is -0.477 e. The number of anilines is 1. The lowest BCUT2D eigenvalue weighted by atomic mass is 10.3. The van der Waals surface area contributed by atoms with Gasteiger partial charge in [0.05, 0.1) is 24.1 Å². The highest BCUT2D eigenvalue weighted by Crippen LogP contribution is 2.07. The Kier molecular flexibility index (Phi) is 3.25. The molecule has 0 saturated heterocycles. The summed E-state index contributed by atoms with van der Waals surface area (Å²) >= 11 is 0. The van der Waals surface area contributed by atoms with Gasteiger partial charge in [-0.25, -0.2) is 19.7 Å². The average molecular weight is 230 g/mol. The van der Waals surface area contributed by atoms with Gasteiger partial charge in [0.25, 0.3) is 0 Å². The van der Waals surface area contributed by atoms with Crippen LogP contribution in [0.3, 0.4) is 0 Å². The van der Waals surface area contributed by atoms with Gasteiger partial charge in [0.1, 0.15) is 12.0 Å². The number of pyridine rings is 1. The fourth-order valence-electron chi connectivity index (χ4n) is 1.24. The summed E-state index contributed by atoms with van der Waals surface area (Å²) in [6.07, 6.45) is 4.61. The zero-order valence-corrected chi connectivity index (χ0v) is 8.87. The SMILES string of the molecule is O=C(O)c1ccc(NCc2ccncn2)cn1. The number of rotatable bonds is 4. The molecule has 2 heterocycles. The summed E-state index contributed by atoms with van der Waals surface area (Å²) in [5, 5.41) is 11.8. The van der Waals surface area contributed by atoms with Crippen molar-refractivity contribution in [2.75, 3.05) is 5.32 Å². The Morgan fingerprint density at radius 3 is 2.76 bits per heavy atom. The first-order chi connectivity index (χ1) is 8.25. The maximum Gasteiger partial charge on any atom is 0.354 e. The zero-order valence-electron chi connectivity index (χ0n) is 8.87. The first-order valence-corrected chi connectivity index (χ1v) is 4.94. The lowest BCUT2D eigenvalue weighted by Gasteiger charge is -2.05. The van der Waals surface area contributed by atoms with E-state index < -0.39 is 5.97 Å². The van der Waals surface area contributed by atoms with Crippen molar-refractivity contribution in [3.63, 3.8) is 0 Å². The van der Waals surface area contributed by atoms with Crippen molar-refractivity contribution in [2.45, 2.75) is 6.54 Å². The number of carboxylic acid groups (broad SMARTS) is 1. The van der Waals surface area contributed by atoms with E-state index in [4.69, 9.17) is 5.11 Å². The quantitative estimate of drug-likeness (QED) is 0.820. The third-order valence-corrected chi connectivity index (χ3v) is 2.10. The highest BCUT2D eigenvalue weighted by atomic mass is 16.4. The van der Waals surface area contributed by atoms with Crippen LogP contribution < -0.4 is 5.32 Å². The van der Waals surface area contributed by atoms with E-state index in [2.05, 4.69) is 20.3 Å². The van der Waals surface area contributed by atoms with E-state index in [-0.39, 0.29) is 5.69 Å². The van der Waals surface area contributed by atoms with E-state index in [0.29, 0.717) is 6.54 Å². The van der Waals surface area contributed by atoms with Crippen molar-refractivity contribution in [3.8, 4) is 0 Å². The van der Waals surface area contributed by atoms with Crippen LogP contribution >= 0.6 is 0 Å². The van der Waals surface area contributed by atoms with Gasteiger partial charge in [0.15, 0.2) is 0 Å². The fraction of sp³-hybridized carbons (Fsp3) is 0.0909. The van der Waals surface area contributed by atoms with Gasteiger partial charge in [-0.15, -0.1) is 0 Å². The average Bonchev–Trinajstić information content (AvgIpc) is 2.38. The summed E-state index contributed by atoms with van der Waals surface area (Å²) in [6, 6.07) is 4.91. The Hall–Kier alpha value is -2.50. The Labute approximate surface area is 97.4 Å². The molecule has 0 atom stereocenters. The maximum atomic E-state index is 10.6. The minimum absolute atomic E-state index is 0.0255. The van der Waals surface area contributed by atoms with E-state index in [1.54, 1.807) is 18.3 Å². The fourth-order valence-corrected chi connectivity index (χ4v) is 1.24. The van der Waals surface area contributed by atoms with E-state index in [1.807, 2.05) is 0 Å². The Bertz CT molecular complexity index is 499. The van der Waals surface area contributed by atoms with Gasteiger partial charge in [-0.1, -0.05) is 0 Å². The molecule has 0 radical (unpaired) electrons. The molecule has 0 spiro atoms. The molecule has 0 aliphatic carbocycles. The number of carboxylic acids is 1. The molecular weight excluding hydrogens is 220 g/mol. The molecule has 2 aromatic heterocycles. The third-order valence-electron chi connectivity index (χ3n) is 2.10. The lowest BCUT2D eigenvalue weighted by molar-refractivity contribution is 0.0690. The number of nitrogens with zero attached hydrogens (tertiary/aromatic N) is 3. The highest BCUT2D eigenvalue weighted by molar-refractivity contribution is 5.85. The summed E-state index contributed by atoms with van der Waals surface area (Å²) in [4.78, 5) is 22.3. The van der Waals surface area contributed by atoms with E-state index in [0.717, 1.165) is 11.4 Å². The van der Waals surface area contributed by atoms with Crippen LogP contribution in [0.1, 0.15) is 16.2 Å². The van der Waals surface area contributed by atoms with Crippen molar-refractivity contribution in [1.82, 2.24) is 15.0 Å². The Morgan fingerprint density at radius 2 is 2.18 bits per heavy atom. The topological polar surface area (TPSA) is 88.0 Å². The number of hydrogen-bond acceptors (Lipinski definition) is 5. The largest absolute Gasteiger partial charge is 0.477 e. The van der Waals surface area contributed by atoms with Gasteiger partial charge in [0, 0.05) is 6.20 Å². The molecule has 2 N–H and O–H groups in total. The first-order valence-electron chi connectivity index (χ1n) is 4.94. The summed E-state index contributed by atoms with van der Waals surface area (Å²) in [5.41, 5.74) is 1.62. The second-order valence-corrected chi connectivity index (χ2v) is 3.29. The van der Waals surface area contributed by atoms with Gasteiger partial charge >= 0.3 is 5.97 Å². The molecule has 86 valence electrons. The molecule has 2 rings (SSSR count). The van der Waals surface area contributed by atoms with Crippen molar-refractivity contribution in [1.29, 1.82) is 0 Å². The van der Waals surface area contributed by atoms with Crippen LogP contribution in [0.4, 0.5) is 5.69 Å². The standard InChI is InChI=1S/C11H10N4O2/c16-11(17)10-2-1-8(6-14-10)13-5-9-3-4-12-7-15-9/h1-4,6-7,13H,5H2,(H,16,17). The minimum atomic E-state index is -1.03. The van der Waals surface area contributed by atoms with Crippen LogP contribution in [0.25, 0.3) is 0 Å². The molecule has 6 nitrogen and oxygen atoms in total. The molecule has 0 aromatic carbocycles.